The molecule has 0 bridgehead atoms. The van der Waals surface area contributed by atoms with Crippen molar-refractivity contribution in [2.24, 2.45) is 0 Å². The first-order valence-electron chi connectivity index (χ1n) is 5.84. The summed E-state index contributed by atoms with van der Waals surface area (Å²) in [6, 6.07) is 10.1. The van der Waals surface area contributed by atoms with E-state index in [1.807, 2.05) is 0 Å². The predicted molar refractivity (Wildman–Crippen MR) is 79.2 cm³/mol. The van der Waals surface area contributed by atoms with Crippen LogP contribution in [0.2, 0.25) is 10.0 Å². The van der Waals surface area contributed by atoms with Crippen molar-refractivity contribution in [2.45, 2.75) is 6.61 Å². The van der Waals surface area contributed by atoms with E-state index < -0.39 is 0 Å². The zero-order chi connectivity index (χ0) is 14.5. The number of hydrogen-bond donors (Lipinski definition) is 0. The summed E-state index contributed by atoms with van der Waals surface area (Å²) >= 11 is 12.0. The van der Waals surface area contributed by atoms with Gasteiger partial charge in [0.1, 0.15) is 12.9 Å². The molecule has 0 aliphatic rings. The average molecular weight is 311 g/mol. The van der Waals surface area contributed by atoms with E-state index in [1.54, 1.807) is 36.4 Å². The standard InChI is InChI=1S/C15H12Cl2O3/c1-19-14-5-2-10(8-18)6-15(14)20-9-11-7-12(16)3-4-13(11)17/h2-8H,9H2,1H3. The first-order chi connectivity index (χ1) is 9.63. The molecule has 5 heteroatoms. The maximum Gasteiger partial charge on any atom is 0.162 e. The molecule has 0 fully saturated rings. The molecule has 0 spiro atoms. The first-order valence-corrected chi connectivity index (χ1v) is 6.59. The molecule has 0 aliphatic heterocycles. The summed E-state index contributed by atoms with van der Waals surface area (Å²) < 4.78 is 10.9. The fourth-order valence-corrected chi connectivity index (χ4v) is 2.06. The molecule has 104 valence electrons. The quantitative estimate of drug-likeness (QED) is 0.768. The van der Waals surface area contributed by atoms with Crippen LogP contribution < -0.4 is 9.47 Å². The summed E-state index contributed by atoms with van der Waals surface area (Å²) in [5, 5.41) is 1.15. The van der Waals surface area contributed by atoms with Crippen LogP contribution in [0.5, 0.6) is 11.5 Å². The van der Waals surface area contributed by atoms with Gasteiger partial charge in [-0.15, -0.1) is 0 Å². The fourth-order valence-electron chi connectivity index (χ4n) is 1.69. The van der Waals surface area contributed by atoms with Crippen molar-refractivity contribution in [1.82, 2.24) is 0 Å². The molecule has 0 N–H and O–H groups in total. The molecule has 0 saturated carbocycles. The van der Waals surface area contributed by atoms with E-state index in [4.69, 9.17) is 32.7 Å². The first kappa shape index (κ1) is 14.7. The molecule has 0 atom stereocenters. The Morgan fingerprint density at radius 1 is 1.10 bits per heavy atom. The molecule has 2 rings (SSSR count). The van der Waals surface area contributed by atoms with Crippen LogP contribution in [0.4, 0.5) is 0 Å². The Morgan fingerprint density at radius 2 is 1.90 bits per heavy atom. The van der Waals surface area contributed by atoms with Gasteiger partial charge in [-0.05, 0) is 36.4 Å². The lowest BCUT2D eigenvalue weighted by Crippen LogP contribution is -1.99. The third kappa shape index (κ3) is 3.44. The van der Waals surface area contributed by atoms with E-state index in [0.29, 0.717) is 27.1 Å². The average Bonchev–Trinajstić information content (AvgIpc) is 2.47. The lowest BCUT2D eigenvalue weighted by molar-refractivity contribution is 0.112. The third-order valence-corrected chi connectivity index (χ3v) is 3.32. The van der Waals surface area contributed by atoms with Crippen molar-refractivity contribution in [1.29, 1.82) is 0 Å². The van der Waals surface area contributed by atoms with E-state index in [9.17, 15) is 4.79 Å². The van der Waals surface area contributed by atoms with Crippen LogP contribution in [0.15, 0.2) is 36.4 Å². The molecular weight excluding hydrogens is 299 g/mol. The highest BCUT2D eigenvalue weighted by atomic mass is 35.5. The van der Waals surface area contributed by atoms with Crippen molar-refractivity contribution in [2.75, 3.05) is 7.11 Å². The van der Waals surface area contributed by atoms with E-state index >= 15 is 0 Å². The molecule has 0 radical (unpaired) electrons. The van der Waals surface area contributed by atoms with Gasteiger partial charge < -0.3 is 9.47 Å². The Morgan fingerprint density at radius 3 is 2.60 bits per heavy atom. The van der Waals surface area contributed by atoms with Crippen LogP contribution in [0.3, 0.4) is 0 Å². The minimum absolute atomic E-state index is 0.234. The lowest BCUT2D eigenvalue weighted by atomic mass is 10.2. The Hall–Kier alpha value is -1.71. The highest BCUT2D eigenvalue weighted by Crippen LogP contribution is 2.29. The van der Waals surface area contributed by atoms with Crippen molar-refractivity contribution >= 4 is 29.5 Å². The van der Waals surface area contributed by atoms with Gasteiger partial charge in [0, 0.05) is 21.2 Å². The van der Waals surface area contributed by atoms with E-state index in [1.165, 1.54) is 7.11 Å². The monoisotopic (exact) mass is 310 g/mol. The van der Waals surface area contributed by atoms with Gasteiger partial charge in [0.2, 0.25) is 0 Å². The summed E-state index contributed by atoms with van der Waals surface area (Å²) in [6.45, 7) is 0.234. The zero-order valence-corrected chi connectivity index (χ0v) is 12.2. The maximum atomic E-state index is 10.8. The molecule has 0 heterocycles. The summed E-state index contributed by atoms with van der Waals surface area (Å²) in [5.74, 6) is 1.03. The smallest absolute Gasteiger partial charge is 0.162 e. The van der Waals surface area contributed by atoms with Crippen molar-refractivity contribution < 1.29 is 14.3 Å². The maximum absolute atomic E-state index is 10.8. The minimum Gasteiger partial charge on any atom is -0.493 e. The summed E-state index contributed by atoms with van der Waals surface area (Å²) in [4.78, 5) is 10.8. The molecule has 20 heavy (non-hydrogen) atoms. The largest absolute Gasteiger partial charge is 0.493 e. The number of methoxy groups -OCH3 is 1. The van der Waals surface area contributed by atoms with E-state index in [2.05, 4.69) is 0 Å². The van der Waals surface area contributed by atoms with Crippen LogP contribution in [-0.2, 0) is 6.61 Å². The fraction of sp³-hybridized carbons (Fsp3) is 0.133. The van der Waals surface area contributed by atoms with Gasteiger partial charge in [0.25, 0.3) is 0 Å². The van der Waals surface area contributed by atoms with Crippen LogP contribution in [0.1, 0.15) is 15.9 Å². The number of rotatable bonds is 5. The van der Waals surface area contributed by atoms with E-state index in [-0.39, 0.29) is 6.61 Å². The highest BCUT2D eigenvalue weighted by Gasteiger charge is 2.08. The molecule has 0 saturated heterocycles. The van der Waals surface area contributed by atoms with Gasteiger partial charge in [0.05, 0.1) is 7.11 Å². The topological polar surface area (TPSA) is 35.5 Å². The second kappa shape index (κ2) is 6.64. The number of halogens is 2. The molecule has 2 aromatic rings. The molecule has 0 aliphatic carbocycles. The second-order valence-corrected chi connectivity index (χ2v) is 4.90. The van der Waals surface area contributed by atoms with Gasteiger partial charge in [-0.1, -0.05) is 23.2 Å². The van der Waals surface area contributed by atoms with Gasteiger partial charge >= 0.3 is 0 Å². The molecule has 0 amide bonds. The number of ether oxygens (including phenoxy) is 2. The zero-order valence-electron chi connectivity index (χ0n) is 10.7. The highest BCUT2D eigenvalue weighted by molar-refractivity contribution is 6.33. The lowest BCUT2D eigenvalue weighted by Gasteiger charge is -2.12. The van der Waals surface area contributed by atoms with Gasteiger partial charge in [-0.3, -0.25) is 4.79 Å². The summed E-state index contributed by atoms with van der Waals surface area (Å²) in [5.41, 5.74) is 1.27. The van der Waals surface area contributed by atoms with Crippen LogP contribution >= 0.6 is 23.2 Å². The normalized spacial score (nSPS) is 10.2. The molecule has 3 nitrogen and oxygen atoms in total. The number of carbonyl (C=O) groups excluding carboxylic acids is 1. The SMILES string of the molecule is COc1ccc(C=O)cc1OCc1cc(Cl)ccc1Cl. The predicted octanol–water partition coefficient (Wildman–Crippen LogP) is 4.39. The summed E-state index contributed by atoms with van der Waals surface area (Å²) in [7, 11) is 1.54. The molecular formula is C15H12Cl2O3. The number of benzene rings is 2. The Labute approximate surface area is 127 Å². The van der Waals surface area contributed by atoms with Gasteiger partial charge in [-0.2, -0.15) is 0 Å². The minimum atomic E-state index is 0.234. The Balaban J connectivity index is 2.21. The van der Waals surface area contributed by atoms with Gasteiger partial charge in [0.15, 0.2) is 11.5 Å². The third-order valence-electron chi connectivity index (χ3n) is 2.71. The van der Waals surface area contributed by atoms with Crippen LogP contribution in [-0.4, -0.2) is 13.4 Å². The van der Waals surface area contributed by atoms with Crippen molar-refractivity contribution in [3.8, 4) is 11.5 Å². The van der Waals surface area contributed by atoms with Crippen LogP contribution in [0.25, 0.3) is 0 Å². The molecule has 0 aromatic heterocycles. The molecule has 0 unspecified atom stereocenters. The number of aldehydes is 1. The van der Waals surface area contributed by atoms with Crippen molar-refractivity contribution in [3.63, 3.8) is 0 Å². The number of hydrogen-bond acceptors (Lipinski definition) is 3. The van der Waals surface area contributed by atoms with E-state index in [0.717, 1.165) is 11.8 Å². The number of carbonyl (C=O) groups is 1. The molecule has 2 aromatic carbocycles. The second-order valence-electron chi connectivity index (χ2n) is 4.05. The van der Waals surface area contributed by atoms with Gasteiger partial charge in [-0.25, -0.2) is 0 Å². The van der Waals surface area contributed by atoms with Crippen molar-refractivity contribution in [3.05, 3.63) is 57.6 Å². The summed E-state index contributed by atoms with van der Waals surface area (Å²) in [6.07, 6.45) is 0.749. The van der Waals surface area contributed by atoms with Crippen LogP contribution in [0, 0.1) is 0 Å². The Bertz CT molecular complexity index is 627. The Kier molecular flexibility index (Phi) is 4.88.